The van der Waals surface area contributed by atoms with Crippen molar-refractivity contribution in [3.05, 3.63) is 23.8 Å². The molecule has 47 heavy (non-hydrogen) atoms. The molecule has 3 fully saturated rings. The molecule has 3 saturated carbocycles. The monoisotopic (exact) mass is 659 g/mol. The van der Waals surface area contributed by atoms with Crippen LogP contribution in [0.25, 0.3) is 0 Å². The predicted octanol–water partition coefficient (Wildman–Crippen LogP) is 4.37. The van der Waals surface area contributed by atoms with Gasteiger partial charge in [-0.3, -0.25) is 14.4 Å². The molecule has 11 nitrogen and oxygen atoms in total. The first kappa shape index (κ1) is 36.8. The van der Waals surface area contributed by atoms with E-state index in [2.05, 4.69) is 19.2 Å². The zero-order valence-electron chi connectivity index (χ0n) is 29.3. The topological polar surface area (TPSA) is 166 Å². The molecule has 0 aromatic heterocycles. The van der Waals surface area contributed by atoms with Crippen LogP contribution in [0.1, 0.15) is 101 Å². The number of aliphatic hydroxyl groups excluding tert-OH is 1. The molecular formula is C36H53NO10. The number of allylic oxidation sites excluding steroid dienone is 4. The second-order valence-corrected chi connectivity index (χ2v) is 16.5. The minimum Gasteiger partial charge on any atom is -0.460 e. The van der Waals surface area contributed by atoms with Gasteiger partial charge in [0, 0.05) is 23.2 Å². The van der Waals surface area contributed by atoms with Crippen molar-refractivity contribution in [2.45, 2.75) is 130 Å². The molecule has 4 aliphatic carbocycles. The van der Waals surface area contributed by atoms with Crippen molar-refractivity contribution in [3.8, 4) is 0 Å². The minimum atomic E-state index is -1.85. The Morgan fingerprint density at radius 2 is 1.70 bits per heavy atom. The number of carbonyl (C=O) groups is 5. The molecule has 0 unspecified atom stereocenters. The van der Waals surface area contributed by atoms with Crippen LogP contribution in [0.15, 0.2) is 23.8 Å². The number of aliphatic hydroxyl groups is 2. The summed E-state index contributed by atoms with van der Waals surface area (Å²) in [5.74, 6) is -2.43. The van der Waals surface area contributed by atoms with Gasteiger partial charge in [-0.2, -0.15) is 0 Å². The van der Waals surface area contributed by atoms with E-state index in [-0.39, 0.29) is 55.1 Å². The van der Waals surface area contributed by atoms with Gasteiger partial charge in [-0.1, -0.05) is 32.4 Å². The third kappa shape index (κ3) is 7.36. The van der Waals surface area contributed by atoms with Crippen molar-refractivity contribution in [2.75, 3.05) is 6.61 Å². The summed E-state index contributed by atoms with van der Waals surface area (Å²) in [6, 6.07) is -1.31. The van der Waals surface area contributed by atoms with Gasteiger partial charge >= 0.3 is 18.0 Å². The third-order valence-electron chi connectivity index (χ3n) is 10.8. The molecule has 4 rings (SSSR count). The molecule has 3 N–H and O–H groups in total. The maximum absolute atomic E-state index is 13.8. The van der Waals surface area contributed by atoms with Crippen molar-refractivity contribution >= 4 is 29.6 Å². The zero-order valence-corrected chi connectivity index (χ0v) is 29.3. The van der Waals surface area contributed by atoms with Crippen LogP contribution in [-0.4, -0.2) is 75.4 Å². The van der Waals surface area contributed by atoms with E-state index in [9.17, 15) is 34.2 Å². The molecule has 11 heteroatoms. The molecule has 4 aliphatic rings. The first-order chi connectivity index (χ1) is 21.5. The lowest BCUT2D eigenvalue weighted by atomic mass is 9.45. The van der Waals surface area contributed by atoms with Gasteiger partial charge in [0.1, 0.15) is 22.8 Å². The lowest BCUT2D eigenvalue weighted by Crippen LogP contribution is -2.62. The van der Waals surface area contributed by atoms with Gasteiger partial charge in [0.05, 0.1) is 6.10 Å². The number of rotatable bonds is 8. The number of ketones is 2. The average Bonchev–Trinajstić information content (AvgIpc) is 3.19. The van der Waals surface area contributed by atoms with E-state index >= 15 is 0 Å². The summed E-state index contributed by atoms with van der Waals surface area (Å²) < 4.78 is 16.0. The summed E-state index contributed by atoms with van der Waals surface area (Å²) in [5.41, 5.74) is -3.91. The highest BCUT2D eigenvalue weighted by Gasteiger charge is 2.68. The number of Topliss-reactive ketones (excluding diaryl/α,β-unsaturated/α-hetero) is 1. The maximum Gasteiger partial charge on any atom is 0.408 e. The van der Waals surface area contributed by atoms with Crippen molar-refractivity contribution < 1.29 is 48.4 Å². The Labute approximate surface area is 277 Å². The number of carbonyl (C=O) groups excluding carboxylic acids is 5. The van der Waals surface area contributed by atoms with E-state index in [1.54, 1.807) is 53.7 Å². The Hall–Kier alpha value is -3.05. The van der Waals surface area contributed by atoms with Gasteiger partial charge in [0.15, 0.2) is 12.4 Å². The van der Waals surface area contributed by atoms with Crippen LogP contribution < -0.4 is 5.32 Å². The van der Waals surface area contributed by atoms with Gasteiger partial charge in [-0.25, -0.2) is 9.59 Å². The number of esters is 2. The number of nitrogens with one attached hydrogen (secondary N) is 1. The fourth-order valence-electron chi connectivity index (χ4n) is 8.92. The van der Waals surface area contributed by atoms with Crippen LogP contribution in [0.4, 0.5) is 4.79 Å². The summed E-state index contributed by atoms with van der Waals surface area (Å²) in [4.78, 5) is 64.2. The zero-order chi connectivity index (χ0) is 35.3. The Bertz CT molecular complexity index is 1350. The van der Waals surface area contributed by atoms with Gasteiger partial charge < -0.3 is 29.7 Å². The number of hydrogen-bond donors (Lipinski definition) is 3. The van der Waals surface area contributed by atoms with Gasteiger partial charge in [-0.15, -0.1) is 0 Å². The van der Waals surface area contributed by atoms with Crippen molar-refractivity contribution in [1.29, 1.82) is 0 Å². The largest absolute Gasteiger partial charge is 0.460 e. The lowest BCUT2D eigenvalue weighted by Gasteiger charge is -2.60. The van der Waals surface area contributed by atoms with Crippen LogP contribution >= 0.6 is 0 Å². The molecule has 1 amide bonds. The molecular weight excluding hydrogens is 606 g/mol. The fraction of sp³-hybridized carbons (Fsp3) is 0.750. The second-order valence-electron chi connectivity index (χ2n) is 16.5. The van der Waals surface area contributed by atoms with Crippen LogP contribution in [0, 0.1) is 34.5 Å². The normalized spacial score (nSPS) is 35.4. The molecule has 0 aromatic carbocycles. The average molecular weight is 660 g/mol. The van der Waals surface area contributed by atoms with Crippen molar-refractivity contribution in [3.63, 3.8) is 0 Å². The summed E-state index contributed by atoms with van der Waals surface area (Å²) in [5, 5.41) is 26.2. The number of ether oxygens (including phenoxy) is 3. The predicted molar refractivity (Wildman–Crippen MR) is 172 cm³/mol. The van der Waals surface area contributed by atoms with Crippen LogP contribution in [0.2, 0.25) is 0 Å². The van der Waals surface area contributed by atoms with Crippen LogP contribution in [0.3, 0.4) is 0 Å². The van der Waals surface area contributed by atoms with E-state index in [1.165, 1.54) is 0 Å². The molecule has 0 spiro atoms. The summed E-state index contributed by atoms with van der Waals surface area (Å²) >= 11 is 0. The van der Waals surface area contributed by atoms with E-state index in [1.807, 2.05) is 13.0 Å². The molecule has 0 radical (unpaired) electrons. The Kier molecular flexibility index (Phi) is 9.99. The van der Waals surface area contributed by atoms with Gasteiger partial charge in [-0.05, 0) is 104 Å². The SMILES string of the molecule is C[C@H]1C[C@@H]2[C@H]([C@H](O)C[C@@]3(C)[C@H]2CC[C@]3(O)C(=O)COC(=O)[C@H](CCC(=O)OC(C)(C)C)NC(=O)OC(C)(C)C)[C@@]2(C)C=CC(=O)C=C12. The molecule has 0 saturated heterocycles. The quantitative estimate of drug-likeness (QED) is 0.252. The van der Waals surface area contributed by atoms with E-state index < -0.39 is 70.2 Å². The molecule has 0 heterocycles. The third-order valence-corrected chi connectivity index (χ3v) is 10.8. The lowest BCUT2D eigenvalue weighted by molar-refractivity contribution is -0.183. The van der Waals surface area contributed by atoms with E-state index in [4.69, 9.17) is 14.2 Å². The smallest absolute Gasteiger partial charge is 0.408 e. The first-order valence-corrected chi connectivity index (χ1v) is 16.8. The number of amides is 1. The summed E-state index contributed by atoms with van der Waals surface area (Å²) in [6.45, 7) is 15.4. The molecule has 0 aliphatic heterocycles. The summed E-state index contributed by atoms with van der Waals surface area (Å²) in [6.07, 6.45) is 4.70. The van der Waals surface area contributed by atoms with Gasteiger partial charge in [0.25, 0.3) is 0 Å². The number of hydrogen-bond acceptors (Lipinski definition) is 10. The number of alkyl carbamates (subject to hydrolysis) is 1. The second kappa shape index (κ2) is 12.8. The highest BCUT2D eigenvalue weighted by Crippen LogP contribution is 2.67. The Morgan fingerprint density at radius 3 is 2.32 bits per heavy atom. The van der Waals surface area contributed by atoms with Crippen LogP contribution in [0.5, 0.6) is 0 Å². The fourth-order valence-corrected chi connectivity index (χ4v) is 8.92. The van der Waals surface area contributed by atoms with Gasteiger partial charge in [0.2, 0.25) is 5.78 Å². The maximum atomic E-state index is 13.8. The highest BCUT2D eigenvalue weighted by molar-refractivity contribution is 6.01. The van der Waals surface area contributed by atoms with Crippen molar-refractivity contribution in [1.82, 2.24) is 5.32 Å². The summed E-state index contributed by atoms with van der Waals surface area (Å²) in [7, 11) is 0. The van der Waals surface area contributed by atoms with Crippen molar-refractivity contribution in [2.24, 2.45) is 34.5 Å². The van der Waals surface area contributed by atoms with E-state index in [0.717, 1.165) is 12.0 Å². The molecule has 0 aromatic rings. The Morgan fingerprint density at radius 1 is 1.06 bits per heavy atom. The number of fused-ring (bicyclic) bond motifs is 5. The first-order valence-electron chi connectivity index (χ1n) is 16.8. The standard InChI is InChI=1S/C36H53NO10/c1-20-16-22-23-13-15-36(44,35(23,9)18-26(39)29(22)34(8)14-12-21(38)17-24(20)34)27(40)19-45-30(42)25(37-31(43)47-33(5,6)7)10-11-28(41)46-32(2,3)4/h12,14,17,20,22-23,25-26,29,39,44H,10-11,13,15-16,18-19H2,1-9H3,(H,37,43)/t20-,22-,23-,25-,26+,29+,34-,35-,36-/m0/s1. The molecule has 262 valence electrons. The van der Waals surface area contributed by atoms with Crippen LogP contribution in [-0.2, 0) is 33.4 Å². The molecule has 0 bridgehead atoms. The molecule has 9 atom stereocenters. The Balaban J connectivity index is 1.48. The minimum absolute atomic E-state index is 0.00149. The highest BCUT2D eigenvalue weighted by atomic mass is 16.6. The van der Waals surface area contributed by atoms with E-state index in [0.29, 0.717) is 6.42 Å².